The molecule has 1 saturated heterocycles. The smallest absolute Gasteiger partial charge is 0.234 e. The van der Waals surface area contributed by atoms with E-state index in [2.05, 4.69) is 17.1 Å². The third-order valence-corrected chi connectivity index (χ3v) is 5.62. The molecule has 2 bridgehead atoms. The van der Waals surface area contributed by atoms with Gasteiger partial charge in [0, 0.05) is 17.3 Å². The lowest BCUT2D eigenvalue weighted by Crippen LogP contribution is -2.33. The van der Waals surface area contributed by atoms with E-state index in [1.165, 1.54) is 4.90 Å². The second-order valence-corrected chi connectivity index (χ2v) is 6.81. The first-order valence-corrected chi connectivity index (χ1v) is 8.05. The lowest BCUT2D eigenvalue weighted by Gasteiger charge is -2.19. The third kappa shape index (κ3) is 1.89. The Morgan fingerprint density at radius 2 is 1.78 bits per heavy atom. The van der Waals surface area contributed by atoms with Crippen LogP contribution >= 0.6 is 0 Å². The predicted molar refractivity (Wildman–Crippen MR) is 83.5 cm³/mol. The number of methoxy groups -OCH3 is 1. The normalized spacial score (nSPS) is 31.2. The van der Waals surface area contributed by atoms with E-state index in [0.717, 1.165) is 29.0 Å². The van der Waals surface area contributed by atoms with Crippen LogP contribution in [0.5, 0.6) is 5.75 Å². The number of carbonyl (C=O) groups excluding carboxylic acids is 2. The van der Waals surface area contributed by atoms with Crippen LogP contribution in [-0.4, -0.2) is 28.8 Å². The fourth-order valence-corrected chi connectivity index (χ4v) is 4.50. The lowest BCUT2D eigenvalue weighted by atomic mass is 9.85. The molecule has 0 N–H and O–H groups in total. The first kappa shape index (κ1) is 14.4. The van der Waals surface area contributed by atoms with Crippen molar-refractivity contribution in [3.8, 4) is 5.75 Å². The van der Waals surface area contributed by atoms with E-state index in [1.807, 2.05) is 13.8 Å². The van der Waals surface area contributed by atoms with Crippen molar-refractivity contribution in [2.45, 2.75) is 26.8 Å². The zero-order chi connectivity index (χ0) is 16.3. The Balaban J connectivity index is 1.64. The number of imide groups is 1. The van der Waals surface area contributed by atoms with Gasteiger partial charge in [0.15, 0.2) is 0 Å². The molecule has 23 heavy (non-hydrogen) atoms. The van der Waals surface area contributed by atoms with Crippen LogP contribution in [0.15, 0.2) is 18.3 Å². The second-order valence-electron chi connectivity index (χ2n) is 6.81. The Morgan fingerprint density at radius 3 is 2.35 bits per heavy atom. The summed E-state index contributed by atoms with van der Waals surface area (Å²) in [5.41, 5.74) is 2.58. The highest BCUT2D eigenvalue weighted by molar-refractivity contribution is 6.06. The highest BCUT2D eigenvalue weighted by Gasteiger charge is 2.59. The van der Waals surface area contributed by atoms with Crippen LogP contribution in [0, 0.1) is 37.5 Å². The van der Waals surface area contributed by atoms with Gasteiger partial charge in [-0.2, -0.15) is 0 Å². The number of nitrogens with zero attached hydrogens (tertiary/aromatic N) is 2. The monoisotopic (exact) mass is 312 g/mol. The van der Waals surface area contributed by atoms with E-state index in [9.17, 15) is 9.59 Å². The molecule has 2 heterocycles. The molecule has 2 amide bonds. The number of fused-ring (bicyclic) bond motifs is 5. The van der Waals surface area contributed by atoms with Gasteiger partial charge in [-0.05, 0) is 32.1 Å². The van der Waals surface area contributed by atoms with Gasteiger partial charge in [0.05, 0.1) is 31.2 Å². The van der Waals surface area contributed by atoms with Gasteiger partial charge in [0.25, 0.3) is 0 Å². The quantitative estimate of drug-likeness (QED) is 0.633. The van der Waals surface area contributed by atoms with Gasteiger partial charge in [-0.15, -0.1) is 0 Å². The van der Waals surface area contributed by atoms with Crippen LogP contribution in [0.25, 0.3) is 0 Å². The predicted octanol–water partition coefficient (Wildman–Crippen LogP) is 2.01. The molecule has 3 aliphatic rings. The maximum absolute atomic E-state index is 12.7. The average molecular weight is 312 g/mol. The van der Waals surface area contributed by atoms with Gasteiger partial charge < -0.3 is 4.74 Å². The number of pyridine rings is 1. The number of hydrogen-bond acceptors (Lipinski definition) is 4. The van der Waals surface area contributed by atoms with Crippen LogP contribution in [-0.2, 0) is 16.1 Å². The molecule has 0 spiro atoms. The Kier molecular flexibility index (Phi) is 3.08. The molecule has 4 rings (SSSR count). The number of hydrogen-bond donors (Lipinski definition) is 0. The molecule has 1 aliphatic heterocycles. The Labute approximate surface area is 135 Å². The number of likely N-dealkylation sites (tertiary alicyclic amines) is 1. The van der Waals surface area contributed by atoms with Crippen molar-refractivity contribution < 1.29 is 14.3 Å². The van der Waals surface area contributed by atoms with Crippen molar-refractivity contribution in [3.05, 3.63) is 35.2 Å². The molecule has 2 fully saturated rings. The summed E-state index contributed by atoms with van der Waals surface area (Å²) in [7, 11) is 1.62. The van der Waals surface area contributed by atoms with Gasteiger partial charge >= 0.3 is 0 Å². The third-order valence-electron chi connectivity index (χ3n) is 5.62. The number of amides is 2. The minimum atomic E-state index is -0.148. The fourth-order valence-electron chi connectivity index (χ4n) is 4.50. The van der Waals surface area contributed by atoms with Gasteiger partial charge in [-0.1, -0.05) is 12.2 Å². The van der Waals surface area contributed by atoms with Gasteiger partial charge in [0.1, 0.15) is 5.75 Å². The summed E-state index contributed by atoms with van der Waals surface area (Å²) in [6, 6.07) is 0. The molecule has 0 aromatic carbocycles. The maximum Gasteiger partial charge on any atom is 0.234 e. The molecule has 0 radical (unpaired) electrons. The number of carbonyl (C=O) groups is 2. The van der Waals surface area contributed by atoms with Gasteiger partial charge in [0.2, 0.25) is 11.8 Å². The Morgan fingerprint density at radius 1 is 1.17 bits per heavy atom. The van der Waals surface area contributed by atoms with Gasteiger partial charge in [-0.3, -0.25) is 19.5 Å². The molecule has 4 atom stereocenters. The van der Waals surface area contributed by atoms with Crippen molar-refractivity contribution in [3.63, 3.8) is 0 Å². The van der Waals surface area contributed by atoms with Crippen molar-refractivity contribution in [1.82, 2.24) is 9.88 Å². The molecular formula is C18H20N2O3. The highest BCUT2D eigenvalue weighted by atomic mass is 16.5. The van der Waals surface area contributed by atoms with E-state index in [-0.39, 0.29) is 42.0 Å². The summed E-state index contributed by atoms with van der Waals surface area (Å²) >= 11 is 0. The standard InChI is InChI=1S/C18H20N2O3/c1-9-7-19-13(10(2)16(9)23-3)8-20-17(21)14-11-4-5-12(6-11)15(14)18(20)22/h4-5,7,11-12,14-15H,6,8H2,1-3H3/t11-,12-,14+,15+/m0/s1. The van der Waals surface area contributed by atoms with Crippen molar-refractivity contribution in [2.75, 3.05) is 7.11 Å². The van der Waals surface area contributed by atoms with Crippen molar-refractivity contribution in [2.24, 2.45) is 23.7 Å². The van der Waals surface area contributed by atoms with Gasteiger partial charge in [-0.25, -0.2) is 0 Å². The number of aryl methyl sites for hydroxylation is 1. The summed E-state index contributed by atoms with van der Waals surface area (Å²) in [6.45, 7) is 4.10. The van der Waals surface area contributed by atoms with Crippen LogP contribution in [0.1, 0.15) is 23.2 Å². The molecule has 120 valence electrons. The molecule has 0 unspecified atom stereocenters. The summed E-state index contributed by atoms with van der Waals surface area (Å²) in [5, 5.41) is 0. The van der Waals surface area contributed by atoms with Crippen molar-refractivity contribution >= 4 is 11.8 Å². The number of ether oxygens (including phenoxy) is 1. The van der Waals surface area contributed by atoms with Crippen LogP contribution < -0.4 is 4.74 Å². The topological polar surface area (TPSA) is 59.5 Å². The molecule has 5 nitrogen and oxygen atoms in total. The summed E-state index contributed by atoms with van der Waals surface area (Å²) in [5.74, 6) is 0.905. The first-order chi connectivity index (χ1) is 11.0. The highest BCUT2D eigenvalue weighted by Crippen LogP contribution is 2.52. The summed E-state index contributed by atoms with van der Waals surface area (Å²) in [4.78, 5) is 31.3. The minimum Gasteiger partial charge on any atom is -0.496 e. The minimum absolute atomic E-state index is 0.0300. The lowest BCUT2D eigenvalue weighted by molar-refractivity contribution is -0.141. The van der Waals surface area contributed by atoms with E-state index < -0.39 is 0 Å². The Bertz CT molecular complexity index is 710. The summed E-state index contributed by atoms with van der Waals surface area (Å²) in [6.07, 6.45) is 6.91. The Hall–Kier alpha value is -2.17. The molecular weight excluding hydrogens is 292 g/mol. The molecule has 1 saturated carbocycles. The summed E-state index contributed by atoms with van der Waals surface area (Å²) < 4.78 is 5.41. The zero-order valence-corrected chi connectivity index (χ0v) is 13.6. The zero-order valence-electron chi connectivity index (χ0n) is 13.6. The average Bonchev–Trinajstić information content (AvgIpc) is 3.19. The van der Waals surface area contributed by atoms with Crippen molar-refractivity contribution in [1.29, 1.82) is 0 Å². The van der Waals surface area contributed by atoms with E-state index in [4.69, 9.17) is 4.74 Å². The van der Waals surface area contributed by atoms with Crippen LogP contribution in [0.3, 0.4) is 0 Å². The van der Waals surface area contributed by atoms with E-state index in [0.29, 0.717) is 0 Å². The molecule has 1 aromatic rings. The molecule has 2 aliphatic carbocycles. The van der Waals surface area contributed by atoms with E-state index in [1.54, 1.807) is 13.3 Å². The van der Waals surface area contributed by atoms with Crippen LogP contribution in [0.2, 0.25) is 0 Å². The fraction of sp³-hybridized carbons (Fsp3) is 0.500. The first-order valence-electron chi connectivity index (χ1n) is 8.05. The van der Waals surface area contributed by atoms with E-state index >= 15 is 0 Å². The maximum atomic E-state index is 12.7. The number of aromatic nitrogens is 1. The molecule has 1 aromatic heterocycles. The molecule has 5 heteroatoms. The second kappa shape index (κ2) is 4.91. The number of rotatable bonds is 3. The van der Waals surface area contributed by atoms with Crippen LogP contribution in [0.4, 0.5) is 0 Å². The largest absolute Gasteiger partial charge is 0.496 e. The SMILES string of the molecule is COc1c(C)cnc(CN2C(=O)[C@H]3[C@H](C2=O)[C@H]2C=C[C@H]3C2)c1C. The number of allylic oxidation sites excluding steroid dienone is 2.